The van der Waals surface area contributed by atoms with Crippen molar-refractivity contribution in [1.29, 1.82) is 0 Å². The first-order chi connectivity index (χ1) is 14.7. The normalized spacial score (nSPS) is 12.8. The van der Waals surface area contributed by atoms with Crippen LogP contribution >= 0.6 is 0 Å². The third-order valence-corrected chi connectivity index (χ3v) is 6.00. The second-order valence-corrected chi connectivity index (χ2v) is 8.83. The van der Waals surface area contributed by atoms with Gasteiger partial charge in [0.05, 0.1) is 16.6 Å². The summed E-state index contributed by atoms with van der Waals surface area (Å²) in [4.78, 5) is 4.66. The lowest BCUT2D eigenvalue weighted by Gasteiger charge is -2.37. The number of aromatic nitrogens is 1. The monoisotopic (exact) mass is 412 g/mol. The summed E-state index contributed by atoms with van der Waals surface area (Å²) in [5, 5.41) is 12.2. The van der Waals surface area contributed by atoms with Gasteiger partial charge in [-0.25, -0.2) is 4.98 Å². The number of aliphatic hydroxyl groups is 1. The first-order valence-electron chi connectivity index (χ1n) is 10.3. The molecule has 6 heteroatoms. The number of furan rings is 1. The Hall–Kier alpha value is -3.09. The minimum absolute atomic E-state index is 0.588. The summed E-state index contributed by atoms with van der Waals surface area (Å²) in [6.45, 7) is 7.17. The van der Waals surface area contributed by atoms with Crippen LogP contribution < -0.4 is 5.46 Å². The Morgan fingerprint density at radius 2 is 1.68 bits per heavy atom. The maximum absolute atomic E-state index is 10.3. The molecule has 1 radical (unpaired) electrons. The van der Waals surface area contributed by atoms with Crippen LogP contribution in [0.25, 0.3) is 44.5 Å². The highest BCUT2D eigenvalue weighted by Gasteiger charge is 2.35. The minimum Gasteiger partial charge on any atom is -0.456 e. The van der Waals surface area contributed by atoms with Crippen LogP contribution in [-0.4, -0.2) is 28.8 Å². The zero-order valence-corrected chi connectivity index (χ0v) is 18.0. The fourth-order valence-electron chi connectivity index (χ4n) is 3.40. The van der Waals surface area contributed by atoms with E-state index in [4.69, 9.17) is 13.5 Å². The van der Waals surface area contributed by atoms with Crippen LogP contribution in [0.3, 0.4) is 0 Å². The Labute approximate surface area is 180 Å². The van der Waals surface area contributed by atoms with E-state index >= 15 is 0 Å². The summed E-state index contributed by atoms with van der Waals surface area (Å²) in [5.41, 5.74) is 3.04. The summed E-state index contributed by atoms with van der Waals surface area (Å²) in [5.74, 6) is 0.588. The van der Waals surface area contributed by atoms with E-state index in [1.165, 1.54) is 0 Å². The minimum atomic E-state index is -0.985. The highest BCUT2D eigenvalue weighted by molar-refractivity contribution is 6.47. The molecule has 0 aliphatic rings. The van der Waals surface area contributed by atoms with E-state index in [9.17, 15) is 5.11 Å². The molecule has 5 rings (SSSR count). The third kappa shape index (κ3) is 3.42. The molecular weight excluding hydrogens is 389 g/mol. The Kier molecular flexibility index (Phi) is 4.47. The molecule has 5 aromatic rings. The Morgan fingerprint density at radius 3 is 2.42 bits per heavy atom. The summed E-state index contributed by atoms with van der Waals surface area (Å²) in [6.07, 6.45) is 0. The van der Waals surface area contributed by atoms with Crippen LogP contribution in [-0.2, 0) is 4.65 Å². The lowest BCUT2D eigenvalue weighted by Crippen LogP contribution is -2.49. The van der Waals surface area contributed by atoms with Crippen molar-refractivity contribution in [1.82, 2.24) is 4.98 Å². The molecule has 3 aromatic carbocycles. The van der Waals surface area contributed by atoms with Gasteiger partial charge in [0.1, 0.15) is 16.7 Å². The second kappa shape index (κ2) is 6.97. The van der Waals surface area contributed by atoms with Gasteiger partial charge in [-0.05, 0) is 63.5 Å². The van der Waals surface area contributed by atoms with E-state index in [0.29, 0.717) is 11.5 Å². The number of benzene rings is 3. The molecule has 0 saturated carbocycles. The van der Waals surface area contributed by atoms with Crippen LogP contribution in [0.15, 0.2) is 69.5 Å². The highest BCUT2D eigenvalue weighted by Crippen LogP contribution is 2.36. The quantitative estimate of drug-likeness (QED) is 0.402. The fourth-order valence-corrected chi connectivity index (χ4v) is 3.40. The van der Waals surface area contributed by atoms with E-state index in [2.05, 4.69) is 4.98 Å². The molecule has 0 spiro atoms. The first kappa shape index (κ1) is 19.9. The van der Waals surface area contributed by atoms with Gasteiger partial charge < -0.3 is 18.6 Å². The number of oxazole rings is 1. The predicted octanol–water partition coefficient (Wildman–Crippen LogP) is 5.20. The second-order valence-electron chi connectivity index (χ2n) is 8.83. The van der Waals surface area contributed by atoms with Crippen molar-refractivity contribution in [3.05, 3.63) is 60.7 Å². The summed E-state index contributed by atoms with van der Waals surface area (Å²) < 4.78 is 18.1. The predicted molar refractivity (Wildman–Crippen MR) is 124 cm³/mol. The molecule has 155 valence electrons. The van der Waals surface area contributed by atoms with Crippen molar-refractivity contribution < 1.29 is 18.6 Å². The molecule has 1 N–H and O–H groups in total. The third-order valence-electron chi connectivity index (χ3n) is 6.00. The average Bonchev–Trinajstić information content (AvgIpc) is 3.32. The molecule has 0 unspecified atom stereocenters. The molecule has 0 amide bonds. The number of fused-ring (bicyclic) bond motifs is 5. The van der Waals surface area contributed by atoms with Crippen LogP contribution in [0.1, 0.15) is 27.7 Å². The van der Waals surface area contributed by atoms with Gasteiger partial charge in [0.2, 0.25) is 5.89 Å². The van der Waals surface area contributed by atoms with Crippen LogP contribution in [0.5, 0.6) is 0 Å². The number of hydrogen-bond acceptors (Lipinski definition) is 5. The smallest absolute Gasteiger partial charge is 0.331 e. The zero-order valence-electron chi connectivity index (χ0n) is 18.0. The van der Waals surface area contributed by atoms with E-state index in [-0.39, 0.29) is 0 Å². The average molecular weight is 412 g/mol. The standard InChI is InChI=1S/C25H23BNO4/c1-24(2,28)25(3,4)31-26-16-10-11-17-20(14-16)29-19-13-12-18-22(21(17)19)30-23(27-18)15-8-6-5-7-9-15/h5-14,28H,1-4H3. The topological polar surface area (TPSA) is 68.6 Å². The van der Waals surface area contributed by atoms with Crippen LogP contribution in [0.4, 0.5) is 0 Å². The molecular formula is C25H23BNO4. The van der Waals surface area contributed by atoms with Crippen molar-refractivity contribution in [2.24, 2.45) is 0 Å². The number of nitrogens with zero attached hydrogens (tertiary/aromatic N) is 1. The maximum Gasteiger partial charge on any atom is 0.331 e. The summed E-state index contributed by atoms with van der Waals surface area (Å²) in [7, 11) is 1.65. The van der Waals surface area contributed by atoms with Crippen molar-refractivity contribution in [3.8, 4) is 11.5 Å². The Balaban J connectivity index is 1.55. The van der Waals surface area contributed by atoms with Crippen molar-refractivity contribution in [3.63, 3.8) is 0 Å². The number of hydrogen-bond donors (Lipinski definition) is 1. The Morgan fingerprint density at radius 1 is 0.903 bits per heavy atom. The van der Waals surface area contributed by atoms with Gasteiger partial charge in [0.25, 0.3) is 0 Å². The molecule has 0 atom stereocenters. The molecule has 0 bridgehead atoms. The highest BCUT2D eigenvalue weighted by atomic mass is 16.5. The van der Waals surface area contributed by atoms with Gasteiger partial charge >= 0.3 is 7.48 Å². The molecule has 0 aliphatic carbocycles. The molecule has 0 aliphatic heterocycles. The molecule has 0 fully saturated rings. The summed E-state index contributed by atoms with van der Waals surface area (Å²) >= 11 is 0. The summed E-state index contributed by atoms with van der Waals surface area (Å²) in [6, 6.07) is 19.6. The molecule has 0 saturated heterocycles. The van der Waals surface area contributed by atoms with Gasteiger partial charge in [0.15, 0.2) is 5.58 Å². The van der Waals surface area contributed by atoms with E-state index < -0.39 is 11.2 Å². The molecule has 2 aromatic heterocycles. The van der Waals surface area contributed by atoms with Crippen LogP contribution in [0, 0.1) is 0 Å². The van der Waals surface area contributed by atoms with Gasteiger partial charge in [0, 0.05) is 10.9 Å². The van der Waals surface area contributed by atoms with Crippen molar-refractivity contribution >= 4 is 46.0 Å². The van der Waals surface area contributed by atoms with Gasteiger partial charge in [-0.1, -0.05) is 30.3 Å². The maximum atomic E-state index is 10.3. The Bertz CT molecular complexity index is 1390. The van der Waals surface area contributed by atoms with E-state index in [0.717, 1.165) is 38.5 Å². The van der Waals surface area contributed by atoms with Crippen LogP contribution in [0.2, 0.25) is 0 Å². The van der Waals surface area contributed by atoms with Crippen molar-refractivity contribution in [2.75, 3.05) is 0 Å². The van der Waals surface area contributed by atoms with Crippen molar-refractivity contribution in [2.45, 2.75) is 38.9 Å². The molecule has 2 heterocycles. The molecule has 5 nitrogen and oxygen atoms in total. The van der Waals surface area contributed by atoms with Gasteiger partial charge in [-0.15, -0.1) is 0 Å². The lowest BCUT2D eigenvalue weighted by atomic mass is 9.82. The number of rotatable bonds is 5. The lowest BCUT2D eigenvalue weighted by molar-refractivity contribution is -0.0893. The zero-order chi connectivity index (χ0) is 21.8. The SMILES string of the molecule is CC(C)(O)C(C)(C)O[B]c1ccc2c(c1)oc1ccc3nc(-c4ccccc4)oc3c12. The largest absolute Gasteiger partial charge is 0.456 e. The van der Waals surface area contributed by atoms with Gasteiger partial charge in [-0.2, -0.15) is 0 Å². The van der Waals surface area contributed by atoms with Gasteiger partial charge in [-0.3, -0.25) is 0 Å². The van der Waals surface area contributed by atoms with E-state index in [1.807, 2.05) is 74.5 Å². The fraction of sp³-hybridized carbons (Fsp3) is 0.240. The van der Waals surface area contributed by atoms with E-state index in [1.54, 1.807) is 21.3 Å². The first-order valence-corrected chi connectivity index (χ1v) is 10.3. The molecule has 31 heavy (non-hydrogen) atoms.